The van der Waals surface area contributed by atoms with Gasteiger partial charge in [0.25, 0.3) is 5.91 Å². The zero-order valence-electron chi connectivity index (χ0n) is 18.7. The third kappa shape index (κ3) is 8.60. The zero-order chi connectivity index (χ0) is 24.3. The fourth-order valence-electron chi connectivity index (χ4n) is 2.95. The molecule has 0 heterocycles. The number of hydrogen-bond acceptors (Lipinski definition) is 5. The van der Waals surface area contributed by atoms with Gasteiger partial charge in [-0.15, -0.1) is 0 Å². The van der Waals surface area contributed by atoms with Crippen LogP contribution in [0.15, 0.2) is 72.8 Å². The third-order valence-electron chi connectivity index (χ3n) is 4.65. The van der Waals surface area contributed by atoms with Gasteiger partial charge in [0.2, 0.25) is 5.91 Å². The average molecular weight is 481 g/mol. The first kappa shape index (κ1) is 24.8. The van der Waals surface area contributed by atoms with E-state index in [4.69, 9.17) is 21.1 Å². The number of carbonyl (C=O) groups excluding carboxylic acids is 3. The van der Waals surface area contributed by atoms with Gasteiger partial charge in [0.1, 0.15) is 11.5 Å². The monoisotopic (exact) mass is 480 g/mol. The number of amides is 2. The minimum absolute atomic E-state index is 0.0290. The van der Waals surface area contributed by atoms with Crippen molar-refractivity contribution in [1.29, 1.82) is 0 Å². The second-order valence-corrected chi connectivity index (χ2v) is 8.00. The van der Waals surface area contributed by atoms with Crippen LogP contribution in [-0.2, 0) is 19.1 Å². The van der Waals surface area contributed by atoms with Gasteiger partial charge in [0.15, 0.2) is 6.61 Å². The first-order valence-electron chi connectivity index (χ1n) is 10.7. The molecule has 0 saturated carbocycles. The maximum atomic E-state index is 12.1. The number of anilines is 2. The van der Waals surface area contributed by atoms with Crippen molar-refractivity contribution in [2.75, 3.05) is 17.2 Å². The van der Waals surface area contributed by atoms with Gasteiger partial charge in [0, 0.05) is 29.2 Å². The number of carbonyl (C=O) groups is 3. The molecule has 0 aliphatic rings. The second kappa shape index (κ2) is 12.4. The quantitative estimate of drug-likeness (QED) is 0.361. The fraction of sp³-hybridized carbons (Fsp3) is 0.192. The molecule has 0 spiro atoms. The molecule has 0 atom stereocenters. The van der Waals surface area contributed by atoms with Crippen molar-refractivity contribution in [3.05, 3.63) is 83.4 Å². The maximum Gasteiger partial charge on any atom is 0.306 e. The molecule has 176 valence electrons. The predicted molar refractivity (Wildman–Crippen MR) is 131 cm³/mol. The van der Waals surface area contributed by atoms with E-state index in [1.54, 1.807) is 48.5 Å². The molecule has 0 aliphatic heterocycles. The molecule has 2 N–H and O–H groups in total. The number of hydrogen-bond donors (Lipinski definition) is 2. The molecule has 0 saturated heterocycles. The Morgan fingerprint density at radius 3 is 2.12 bits per heavy atom. The van der Waals surface area contributed by atoms with Gasteiger partial charge in [-0.25, -0.2) is 0 Å². The van der Waals surface area contributed by atoms with E-state index in [2.05, 4.69) is 10.6 Å². The Kier molecular flexibility index (Phi) is 9.05. The summed E-state index contributed by atoms with van der Waals surface area (Å²) in [5.74, 6) is 0.147. The van der Waals surface area contributed by atoms with Gasteiger partial charge in [-0.3, -0.25) is 14.4 Å². The number of esters is 1. The molecule has 3 aromatic rings. The molecule has 0 unspecified atom stereocenters. The Bertz CT molecular complexity index is 1130. The number of rotatable bonds is 10. The van der Waals surface area contributed by atoms with Crippen LogP contribution < -0.4 is 15.4 Å². The van der Waals surface area contributed by atoms with Gasteiger partial charge >= 0.3 is 5.97 Å². The van der Waals surface area contributed by atoms with Crippen LogP contribution in [0.4, 0.5) is 11.4 Å². The molecule has 3 rings (SSSR count). The van der Waals surface area contributed by atoms with E-state index < -0.39 is 18.5 Å². The number of benzene rings is 3. The highest BCUT2D eigenvalue weighted by Crippen LogP contribution is 2.23. The summed E-state index contributed by atoms with van der Waals surface area (Å²) >= 11 is 5.86. The lowest BCUT2D eigenvalue weighted by atomic mass is 10.2. The molecule has 0 bridgehead atoms. The smallest absolute Gasteiger partial charge is 0.306 e. The van der Waals surface area contributed by atoms with E-state index in [0.717, 1.165) is 11.3 Å². The van der Waals surface area contributed by atoms with Crippen LogP contribution >= 0.6 is 11.6 Å². The molecule has 34 heavy (non-hydrogen) atoms. The largest absolute Gasteiger partial charge is 0.457 e. The summed E-state index contributed by atoms with van der Waals surface area (Å²) in [5, 5.41) is 5.85. The highest BCUT2D eigenvalue weighted by molar-refractivity contribution is 6.30. The lowest BCUT2D eigenvalue weighted by Gasteiger charge is -2.09. The highest BCUT2D eigenvalue weighted by Gasteiger charge is 2.10. The number of halogens is 1. The van der Waals surface area contributed by atoms with Gasteiger partial charge in [-0.2, -0.15) is 0 Å². The van der Waals surface area contributed by atoms with Crippen molar-refractivity contribution >= 4 is 40.8 Å². The van der Waals surface area contributed by atoms with E-state index in [0.29, 0.717) is 28.6 Å². The standard InChI is InChI=1S/C26H25ClN2O5/c1-18-8-12-22(13-9-18)34-23-14-10-20(11-15-23)28-24(30)6-3-7-26(32)33-17-25(31)29-21-5-2-4-19(27)16-21/h2,4-5,8-16H,3,6-7,17H2,1H3,(H,28,30)(H,29,31). The topological polar surface area (TPSA) is 93.7 Å². The SMILES string of the molecule is Cc1ccc(Oc2ccc(NC(=O)CCCC(=O)OCC(=O)Nc3cccc(Cl)c3)cc2)cc1. The van der Waals surface area contributed by atoms with Crippen molar-refractivity contribution in [3.8, 4) is 11.5 Å². The first-order chi connectivity index (χ1) is 16.4. The Morgan fingerprint density at radius 1 is 0.794 bits per heavy atom. The third-order valence-corrected chi connectivity index (χ3v) is 4.89. The van der Waals surface area contributed by atoms with Crippen LogP contribution in [0.5, 0.6) is 11.5 Å². The van der Waals surface area contributed by atoms with Crippen LogP contribution in [-0.4, -0.2) is 24.4 Å². The summed E-state index contributed by atoms with van der Waals surface area (Å²) in [7, 11) is 0. The van der Waals surface area contributed by atoms with Crippen molar-refractivity contribution in [2.24, 2.45) is 0 Å². The molecule has 8 heteroatoms. The summed E-state index contributed by atoms with van der Waals surface area (Å²) in [5.41, 5.74) is 2.29. The molecule has 7 nitrogen and oxygen atoms in total. The Labute approximate surface area is 203 Å². The summed E-state index contributed by atoms with van der Waals surface area (Å²) in [4.78, 5) is 35.8. The maximum absolute atomic E-state index is 12.1. The number of ether oxygens (including phenoxy) is 2. The summed E-state index contributed by atoms with van der Waals surface area (Å²) in [6, 6.07) is 21.4. The van der Waals surface area contributed by atoms with E-state index in [9.17, 15) is 14.4 Å². The molecule has 2 amide bonds. The fourth-order valence-corrected chi connectivity index (χ4v) is 3.14. The molecule has 3 aromatic carbocycles. The molecular formula is C26H25ClN2O5. The predicted octanol–water partition coefficient (Wildman–Crippen LogP) is 5.73. The Balaban J connectivity index is 1.32. The van der Waals surface area contributed by atoms with Crippen LogP contribution in [0.3, 0.4) is 0 Å². The minimum atomic E-state index is -0.549. The normalized spacial score (nSPS) is 10.3. The van der Waals surface area contributed by atoms with Crippen molar-refractivity contribution in [1.82, 2.24) is 0 Å². The number of aryl methyl sites for hydroxylation is 1. The van der Waals surface area contributed by atoms with E-state index >= 15 is 0 Å². The summed E-state index contributed by atoms with van der Waals surface area (Å²) < 4.78 is 10.7. The highest BCUT2D eigenvalue weighted by atomic mass is 35.5. The first-order valence-corrected chi connectivity index (χ1v) is 11.1. The average Bonchev–Trinajstić information content (AvgIpc) is 2.80. The van der Waals surface area contributed by atoms with Crippen LogP contribution in [0.25, 0.3) is 0 Å². The molecular weight excluding hydrogens is 456 g/mol. The molecule has 0 fully saturated rings. The van der Waals surface area contributed by atoms with Crippen LogP contribution in [0.2, 0.25) is 5.02 Å². The van der Waals surface area contributed by atoms with Crippen molar-refractivity contribution < 1.29 is 23.9 Å². The van der Waals surface area contributed by atoms with Crippen LogP contribution in [0, 0.1) is 6.92 Å². The minimum Gasteiger partial charge on any atom is -0.457 e. The van der Waals surface area contributed by atoms with Crippen molar-refractivity contribution in [2.45, 2.75) is 26.2 Å². The summed E-state index contributed by atoms with van der Waals surface area (Å²) in [6.45, 7) is 1.60. The van der Waals surface area contributed by atoms with Crippen LogP contribution in [0.1, 0.15) is 24.8 Å². The van der Waals surface area contributed by atoms with Gasteiger partial charge in [-0.05, 0) is 67.9 Å². The van der Waals surface area contributed by atoms with E-state index in [1.807, 2.05) is 31.2 Å². The lowest BCUT2D eigenvalue weighted by molar-refractivity contribution is -0.147. The van der Waals surface area contributed by atoms with Crippen molar-refractivity contribution in [3.63, 3.8) is 0 Å². The van der Waals surface area contributed by atoms with E-state index in [-0.39, 0.29) is 18.7 Å². The van der Waals surface area contributed by atoms with Gasteiger partial charge in [-0.1, -0.05) is 35.4 Å². The van der Waals surface area contributed by atoms with Gasteiger partial charge < -0.3 is 20.1 Å². The Hall–Kier alpha value is -3.84. The van der Waals surface area contributed by atoms with Gasteiger partial charge in [0.05, 0.1) is 0 Å². The van der Waals surface area contributed by atoms with E-state index in [1.165, 1.54) is 0 Å². The Morgan fingerprint density at radius 2 is 1.44 bits per heavy atom. The molecule has 0 aromatic heterocycles. The zero-order valence-corrected chi connectivity index (χ0v) is 19.4. The molecule has 0 radical (unpaired) electrons. The molecule has 0 aliphatic carbocycles. The lowest BCUT2D eigenvalue weighted by Crippen LogP contribution is -2.21. The number of nitrogens with one attached hydrogen (secondary N) is 2. The summed E-state index contributed by atoms with van der Waals surface area (Å²) in [6.07, 6.45) is 0.474. The second-order valence-electron chi connectivity index (χ2n) is 7.56.